The number of nitrogen functional groups attached to an aromatic ring is 1. The third-order valence-corrected chi connectivity index (χ3v) is 2.34. The van der Waals surface area contributed by atoms with Gasteiger partial charge in [0.2, 0.25) is 0 Å². The van der Waals surface area contributed by atoms with Crippen LogP contribution in [-0.4, -0.2) is 25.6 Å². The van der Waals surface area contributed by atoms with Gasteiger partial charge < -0.3 is 5.73 Å². The van der Waals surface area contributed by atoms with Crippen LogP contribution in [0.3, 0.4) is 0 Å². The number of aromatic nitrogens is 4. The van der Waals surface area contributed by atoms with Crippen molar-refractivity contribution in [3.05, 3.63) is 35.0 Å². The second-order valence-corrected chi connectivity index (χ2v) is 3.89. The molecule has 0 atom stereocenters. The number of nitrogens with one attached hydrogen (secondary N) is 1. The van der Waals surface area contributed by atoms with E-state index in [0.717, 1.165) is 11.5 Å². The Labute approximate surface area is 99.0 Å². The van der Waals surface area contributed by atoms with Gasteiger partial charge in [-0.15, -0.1) is 5.10 Å². The zero-order chi connectivity index (χ0) is 12.6. The molecule has 2 heterocycles. The predicted molar refractivity (Wildman–Crippen MR) is 64.4 cm³/mol. The summed E-state index contributed by atoms with van der Waals surface area (Å²) in [5.41, 5.74) is 6.91. The molecule has 0 fully saturated rings. The van der Waals surface area contributed by atoms with Crippen LogP contribution in [0.1, 0.15) is 22.9 Å². The summed E-state index contributed by atoms with van der Waals surface area (Å²) in [6.45, 7) is 5.54. The van der Waals surface area contributed by atoms with Gasteiger partial charge in [0, 0.05) is 11.3 Å². The first-order chi connectivity index (χ1) is 7.97. The lowest BCUT2D eigenvalue weighted by molar-refractivity contribution is 0.798. The summed E-state index contributed by atoms with van der Waals surface area (Å²) in [4.78, 5) is 8.59. The first-order valence-electron chi connectivity index (χ1n) is 5.21. The fourth-order valence-corrected chi connectivity index (χ4v) is 1.65. The van der Waals surface area contributed by atoms with E-state index in [4.69, 9.17) is 11.1 Å². The zero-order valence-corrected chi connectivity index (χ0v) is 10.0. The molecule has 2 aromatic heterocycles. The number of rotatable bonds is 2. The molecule has 17 heavy (non-hydrogen) atoms. The van der Waals surface area contributed by atoms with Gasteiger partial charge in [-0.25, -0.2) is 9.97 Å². The number of amidine groups is 1. The Hall–Kier alpha value is -2.24. The fourth-order valence-electron chi connectivity index (χ4n) is 1.65. The number of hydrogen-bond donors (Lipinski definition) is 2. The molecule has 2 rings (SSSR count). The van der Waals surface area contributed by atoms with E-state index in [1.165, 1.54) is 0 Å². The van der Waals surface area contributed by atoms with Crippen LogP contribution >= 0.6 is 0 Å². The second-order valence-electron chi connectivity index (χ2n) is 3.89. The summed E-state index contributed by atoms with van der Waals surface area (Å²) in [7, 11) is 0. The van der Waals surface area contributed by atoms with Crippen molar-refractivity contribution in [2.75, 3.05) is 0 Å². The van der Waals surface area contributed by atoms with Crippen molar-refractivity contribution in [1.82, 2.24) is 19.7 Å². The Morgan fingerprint density at radius 1 is 1.24 bits per heavy atom. The quantitative estimate of drug-likeness (QED) is 0.591. The average molecular weight is 230 g/mol. The lowest BCUT2D eigenvalue weighted by Gasteiger charge is -2.06. The maximum absolute atomic E-state index is 7.45. The molecule has 0 unspecified atom stereocenters. The van der Waals surface area contributed by atoms with Crippen LogP contribution < -0.4 is 5.73 Å². The highest BCUT2D eigenvalue weighted by Gasteiger charge is 2.09. The van der Waals surface area contributed by atoms with Crippen LogP contribution in [0.5, 0.6) is 0 Å². The topological polar surface area (TPSA) is 93.5 Å². The van der Waals surface area contributed by atoms with Crippen LogP contribution in [0.15, 0.2) is 12.1 Å². The third-order valence-electron chi connectivity index (χ3n) is 2.34. The maximum Gasteiger partial charge on any atom is 0.156 e. The van der Waals surface area contributed by atoms with Crippen molar-refractivity contribution < 1.29 is 0 Å². The predicted octanol–water partition coefficient (Wildman–Crippen LogP) is 0.872. The highest BCUT2D eigenvalue weighted by molar-refractivity contribution is 5.95. The van der Waals surface area contributed by atoms with Crippen molar-refractivity contribution in [2.24, 2.45) is 5.73 Å². The smallest absolute Gasteiger partial charge is 0.156 e. The van der Waals surface area contributed by atoms with E-state index in [1.54, 1.807) is 16.8 Å². The molecule has 6 heteroatoms. The Morgan fingerprint density at radius 3 is 2.47 bits per heavy atom. The SMILES string of the molecule is Cc1cc(C(=N)N)cc(-n2nc(C)nc2C)n1. The van der Waals surface area contributed by atoms with Crippen molar-refractivity contribution >= 4 is 5.84 Å². The number of nitrogens with two attached hydrogens (primary N) is 1. The summed E-state index contributed by atoms with van der Waals surface area (Å²) in [6.07, 6.45) is 0. The number of pyridine rings is 1. The van der Waals surface area contributed by atoms with Gasteiger partial charge >= 0.3 is 0 Å². The summed E-state index contributed by atoms with van der Waals surface area (Å²) in [5, 5.41) is 11.7. The van der Waals surface area contributed by atoms with Crippen LogP contribution in [0.2, 0.25) is 0 Å². The second kappa shape index (κ2) is 3.97. The number of nitrogens with zero attached hydrogens (tertiary/aromatic N) is 4. The first-order valence-corrected chi connectivity index (χ1v) is 5.21. The van der Waals surface area contributed by atoms with Gasteiger partial charge in [0.15, 0.2) is 5.82 Å². The average Bonchev–Trinajstić information content (AvgIpc) is 2.57. The minimum absolute atomic E-state index is 0.0197. The molecular formula is C11H14N6. The van der Waals surface area contributed by atoms with E-state index >= 15 is 0 Å². The molecule has 0 amide bonds. The lowest BCUT2D eigenvalue weighted by atomic mass is 10.2. The Bertz CT molecular complexity index is 584. The van der Waals surface area contributed by atoms with Crippen molar-refractivity contribution in [1.29, 1.82) is 5.41 Å². The van der Waals surface area contributed by atoms with E-state index in [0.29, 0.717) is 17.2 Å². The molecule has 0 spiro atoms. The molecule has 0 aliphatic heterocycles. The van der Waals surface area contributed by atoms with Gasteiger partial charge in [0.1, 0.15) is 17.5 Å². The van der Waals surface area contributed by atoms with Gasteiger partial charge in [0.05, 0.1) is 0 Å². The van der Waals surface area contributed by atoms with Crippen molar-refractivity contribution in [3.63, 3.8) is 0 Å². The molecular weight excluding hydrogens is 216 g/mol. The lowest BCUT2D eigenvalue weighted by Crippen LogP contribution is -2.13. The van der Waals surface area contributed by atoms with Crippen LogP contribution in [0.25, 0.3) is 5.82 Å². The minimum atomic E-state index is 0.0197. The van der Waals surface area contributed by atoms with E-state index in [1.807, 2.05) is 20.8 Å². The van der Waals surface area contributed by atoms with Gasteiger partial charge in [-0.1, -0.05) is 0 Å². The summed E-state index contributed by atoms with van der Waals surface area (Å²) < 4.78 is 1.65. The highest BCUT2D eigenvalue weighted by atomic mass is 15.4. The van der Waals surface area contributed by atoms with Gasteiger partial charge in [-0.05, 0) is 32.9 Å². The number of aryl methyl sites for hydroxylation is 3. The van der Waals surface area contributed by atoms with Crippen LogP contribution in [-0.2, 0) is 0 Å². The third kappa shape index (κ3) is 2.15. The molecule has 0 aromatic carbocycles. The van der Waals surface area contributed by atoms with E-state index in [9.17, 15) is 0 Å². The maximum atomic E-state index is 7.45. The van der Waals surface area contributed by atoms with Crippen molar-refractivity contribution in [2.45, 2.75) is 20.8 Å². The molecule has 88 valence electrons. The highest BCUT2D eigenvalue weighted by Crippen LogP contribution is 2.11. The summed E-state index contributed by atoms with van der Waals surface area (Å²) >= 11 is 0. The largest absolute Gasteiger partial charge is 0.384 e. The van der Waals surface area contributed by atoms with Crippen LogP contribution in [0, 0.1) is 26.2 Å². The van der Waals surface area contributed by atoms with E-state index in [-0.39, 0.29) is 5.84 Å². The Morgan fingerprint density at radius 2 is 1.94 bits per heavy atom. The normalized spacial score (nSPS) is 10.5. The Kier molecular flexibility index (Phi) is 2.63. The molecule has 0 bridgehead atoms. The van der Waals surface area contributed by atoms with Gasteiger partial charge in [-0.2, -0.15) is 4.68 Å². The summed E-state index contributed by atoms with van der Waals surface area (Å²) in [5.74, 6) is 2.10. The van der Waals surface area contributed by atoms with E-state index < -0.39 is 0 Å². The fraction of sp³-hybridized carbons (Fsp3) is 0.273. The molecule has 0 radical (unpaired) electrons. The molecule has 0 saturated carbocycles. The zero-order valence-electron chi connectivity index (χ0n) is 10.0. The van der Waals surface area contributed by atoms with Gasteiger partial charge in [-0.3, -0.25) is 5.41 Å². The van der Waals surface area contributed by atoms with Gasteiger partial charge in [0.25, 0.3) is 0 Å². The molecule has 3 N–H and O–H groups in total. The molecule has 0 saturated heterocycles. The monoisotopic (exact) mass is 230 g/mol. The Balaban J connectivity index is 2.59. The van der Waals surface area contributed by atoms with Crippen LogP contribution in [0.4, 0.5) is 0 Å². The molecule has 6 nitrogen and oxygen atoms in total. The summed E-state index contributed by atoms with van der Waals surface area (Å²) in [6, 6.07) is 3.50. The molecule has 2 aromatic rings. The molecule has 0 aliphatic carbocycles. The first kappa shape index (κ1) is 11.3. The number of hydrogen-bond acceptors (Lipinski definition) is 4. The van der Waals surface area contributed by atoms with Crippen molar-refractivity contribution in [3.8, 4) is 5.82 Å². The standard InChI is InChI=1S/C11H14N6/c1-6-4-9(11(12)13)5-10(14-6)17-8(3)15-7(2)16-17/h4-5H,1-3H3,(H3,12,13). The van der Waals surface area contributed by atoms with E-state index in [2.05, 4.69) is 15.1 Å². The minimum Gasteiger partial charge on any atom is -0.384 e. The molecule has 0 aliphatic rings.